The summed E-state index contributed by atoms with van der Waals surface area (Å²) < 4.78 is 19.7. The van der Waals surface area contributed by atoms with Crippen LogP contribution in [0.1, 0.15) is 31.5 Å². The number of aromatic nitrogens is 6. The number of morpholine rings is 1. The summed E-state index contributed by atoms with van der Waals surface area (Å²) in [5.41, 5.74) is 0.900. The highest BCUT2D eigenvalue weighted by Crippen LogP contribution is 2.31. The highest BCUT2D eigenvalue weighted by atomic mass is 16.5. The zero-order chi connectivity index (χ0) is 25.7. The standard InChI is InChI=1S/C27H32N8O3/c1-34-12-11-29-24(34)18-37-25-8-10-30-27(33-25)31-19-4-6-20(7-5-19)38-26-21-3-2-9-28-22(21)17-23(32-26)35-13-15-36-16-14-35/h2-3,8-12,17,19-20H,4-7,13-16,18H2,1H3,(H,30,31,33). The summed E-state index contributed by atoms with van der Waals surface area (Å²) in [5, 5.41) is 4.41. The summed E-state index contributed by atoms with van der Waals surface area (Å²) >= 11 is 0. The van der Waals surface area contributed by atoms with E-state index in [2.05, 4.69) is 30.2 Å². The number of fused-ring (bicyclic) bond motifs is 1. The molecule has 2 aliphatic rings. The topological polar surface area (TPSA) is 112 Å². The quantitative estimate of drug-likeness (QED) is 0.374. The van der Waals surface area contributed by atoms with Crippen LogP contribution < -0.4 is 19.7 Å². The maximum atomic E-state index is 6.50. The number of nitrogens with one attached hydrogen (secondary N) is 1. The van der Waals surface area contributed by atoms with E-state index in [0.717, 1.165) is 61.3 Å². The molecule has 5 heterocycles. The van der Waals surface area contributed by atoms with Gasteiger partial charge in [-0.2, -0.15) is 9.97 Å². The second kappa shape index (κ2) is 11.2. The first-order valence-corrected chi connectivity index (χ1v) is 13.1. The second-order valence-electron chi connectivity index (χ2n) is 9.65. The van der Waals surface area contributed by atoms with Gasteiger partial charge in [-0.15, -0.1) is 0 Å². The van der Waals surface area contributed by atoms with Gasteiger partial charge in [-0.05, 0) is 37.8 Å². The summed E-state index contributed by atoms with van der Waals surface area (Å²) in [6, 6.07) is 8.03. The van der Waals surface area contributed by atoms with Crippen LogP contribution in [0.2, 0.25) is 0 Å². The lowest BCUT2D eigenvalue weighted by atomic mass is 9.93. The fourth-order valence-electron chi connectivity index (χ4n) is 4.91. The average molecular weight is 517 g/mol. The van der Waals surface area contributed by atoms with Crippen LogP contribution in [0.15, 0.2) is 49.1 Å². The third-order valence-corrected chi connectivity index (χ3v) is 7.07. The Balaban J connectivity index is 1.07. The number of ether oxygens (including phenoxy) is 3. The molecule has 0 unspecified atom stereocenters. The van der Waals surface area contributed by atoms with Gasteiger partial charge < -0.3 is 29.0 Å². The summed E-state index contributed by atoms with van der Waals surface area (Å²) in [6.45, 7) is 3.40. The van der Waals surface area contributed by atoms with E-state index in [9.17, 15) is 0 Å². The molecule has 1 aliphatic heterocycles. The number of hydrogen-bond acceptors (Lipinski definition) is 10. The minimum absolute atomic E-state index is 0.0947. The van der Waals surface area contributed by atoms with Crippen molar-refractivity contribution < 1.29 is 14.2 Å². The Morgan fingerprint density at radius 3 is 2.68 bits per heavy atom. The molecule has 1 saturated heterocycles. The number of anilines is 2. The lowest BCUT2D eigenvalue weighted by Gasteiger charge is -2.31. The predicted octanol–water partition coefficient (Wildman–Crippen LogP) is 3.37. The second-order valence-corrected chi connectivity index (χ2v) is 9.65. The Hall–Kier alpha value is -3.99. The van der Waals surface area contributed by atoms with E-state index in [0.29, 0.717) is 37.5 Å². The molecule has 38 heavy (non-hydrogen) atoms. The molecule has 1 aliphatic carbocycles. The van der Waals surface area contributed by atoms with Crippen molar-refractivity contribution in [1.82, 2.24) is 29.5 Å². The van der Waals surface area contributed by atoms with Gasteiger partial charge in [0.05, 0.1) is 24.1 Å². The Bertz CT molecular complexity index is 1370. The van der Waals surface area contributed by atoms with Gasteiger partial charge in [-0.1, -0.05) is 0 Å². The molecule has 6 rings (SSSR count). The van der Waals surface area contributed by atoms with Gasteiger partial charge in [0.2, 0.25) is 17.7 Å². The fourth-order valence-corrected chi connectivity index (χ4v) is 4.91. The third-order valence-electron chi connectivity index (χ3n) is 7.07. The Kier molecular flexibility index (Phi) is 7.16. The summed E-state index contributed by atoms with van der Waals surface area (Å²) in [7, 11) is 1.94. The van der Waals surface area contributed by atoms with Crippen molar-refractivity contribution >= 4 is 22.7 Å². The molecule has 0 spiro atoms. The molecule has 11 nitrogen and oxygen atoms in total. The molecular weight excluding hydrogens is 484 g/mol. The monoisotopic (exact) mass is 516 g/mol. The van der Waals surface area contributed by atoms with Gasteiger partial charge in [0.15, 0.2) is 0 Å². The van der Waals surface area contributed by atoms with E-state index in [1.54, 1.807) is 18.5 Å². The van der Waals surface area contributed by atoms with Crippen molar-refractivity contribution in [3.63, 3.8) is 0 Å². The zero-order valence-electron chi connectivity index (χ0n) is 21.5. The van der Waals surface area contributed by atoms with Crippen molar-refractivity contribution in [2.75, 3.05) is 36.5 Å². The van der Waals surface area contributed by atoms with E-state index in [-0.39, 0.29) is 12.1 Å². The van der Waals surface area contributed by atoms with Crippen LogP contribution >= 0.6 is 0 Å². The van der Waals surface area contributed by atoms with Crippen LogP contribution in [0.5, 0.6) is 11.8 Å². The largest absolute Gasteiger partial charge is 0.474 e. The molecule has 0 aromatic carbocycles. The molecule has 0 bridgehead atoms. The lowest BCUT2D eigenvalue weighted by Crippen LogP contribution is -2.37. The van der Waals surface area contributed by atoms with Crippen LogP contribution in [0.25, 0.3) is 10.9 Å². The first-order chi connectivity index (χ1) is 18.7. The first kappa shape index (κ1) is 24.4. The lowest BCUT2D eigenvalue weighted by molar-refractivity contribution is 0.122. The summed E-state index contributed by atoms with van der Waals surface area (Å²) in [5.74, 6) is 3.49. The number of pyridine rings is 2. The zero-order valence-corrected chi connectivity index (χ0v) is 21.5. The summed E-state index contributed by atoms with van der Waals surface area (Å²) in [6.07, 6.45) is 11.0. The first-order valence-electron chi connectivity index (χ1n) is 13.1. The van der Waals surface area contributed by atoms with Crippen molar-refractivity contribution in [2.45, 2.75) is 44.4 Å². The maximum Gasteiger partial charge on any atom is 0.226 e. The molecule has 0 radical (unpaired) electrons. The number of nitrogens with zero attached hydrogens (tertiary/aromatic N) is 7. The number of imidazole rings is 1. The van der Waals surface area contributed by atoms with Crippen LogP contribution in [0.4, 0.5) is 11.8 Å². The minimum atomic E-state index is 0.0947. The van der Waals surface area contributed by atoms with Crippen LogP contribution in [-0.4, -0.2) is 67.9 Å². The molecule has 1 N–H and O–H groups in total. The Labute approximate surface area is 221 Å². The van der Waals surface area contributed by atoms with Crippen LogP contribution in [0, 0.1) is 0 Å². The predicted molar refractivity (Wildman–Crippen MR) is 142 cm³/mol. The minimum Gasteiger partial charge on any atom is -0.474 e. The normalized spacial score (nSPS) is 19.9. The summed E-state index contributed by atoms with van der Waals surface area (Å²) in [4.78, 5) is 24.9. The van der Waals surface area contributed by atoms with Crippen molar-refractivity contribution in [3.8, 4) is 11.8 Å². The maximum absolute atomic E-state index is 6.50. The highest BCUT2D eigenvalue weighted by Gasteiger charge is 2.25. The van der Waals surface area contributed by atoms with Crippen LogP contribution in [0.3, 0.4) is 0 Å². The van der Waals surface area contributed by atoms with Crippen molar-refractivity contribution in [3.05, 3.63) is 54.9 Å². The van der Waals surface area contributed by atoms with Crippen molar-refractivity contribution in [1.29, 1.82) is 0 Å². The molecular formula is C27H32N8O3. The van der Waals surface area contributed by atoms with E-state index < -0.39 is 0 Å². The van der Waals surface area contributed by atoms with E-state index in [1.165, 1.54) is 0 Å². The van der Waals surface area contributed by atoms with E-state index in [1.807, 2.05) is 42.2 Å². The van der Waals surface area contributed by atoms with Crippen LogP contribution in [-0.2, 0) is 18.4 Å². The Morgan fingerprint density at radius 1 is 1.00 bits per heavy atom. The molecule has 4 aromatic heterocycles. The SMILES string of the molecule is Cn1ccnc1COc1ccnc(NC2CCC(Oc3nc(N4CCOCC4)cc4ncccc34)CC2)n1. The molecule has 11 heteroatoms. The molecule has 0 amide bonds. The highest BCUT2D eigenvalue weighted by molar-refractivity contribution is 5.85. The molecule has 2 fully saturated rings. The Morgan fingerprint density at radius 2 is 1.87 bits per heavy atom. The van der Waals surface area contributed by atoms with Gasteiger partial charge in [-0.25, -0.2) is 9.97 Å². The average Bonchev–Trinajstić information content (AvgIpc) is 3.38. The van der Waals surface area contributed by atoms with Crippen molar-refractivity contribution in [2.24, 2.45) is 7.05 Å². The molecule has 0 atom stereocenters. The molecule has 1 saturated carbocycles. The number of aryl methyl sites for hydroxylation is 1. The number of rotatable bonds is 8. The molecule has 4 aromatic rings. The molecule has 198 valence electrons. The fraction of sp³-hybridized carbons (Fsp3) is 0.444. The van der Waals surface area contributed by atoms with Gasteiger partial charge in [0.1, 0.15) is 24.4 Å². The van der Waals surface area contributed by atoms with Gasteiger partial charge >= 0.3 is 0 Å². The third kappa shape index (κ3) is 5.62. The smallest absolute Gasteiger partial charge is 0.226 e. The van der Waals surface area contributed by atoms with Gasteiger partial charge in [-0.3, -0.25) is 4.98 Å². The number of hydrogen-bond donors (Lipinski definition) is 1. The van der Waals surface area contributed by atoms with Gasteiger partial charge in [0, 0.05) is 63.1 Å². The van der Waals surface area contributed by atoms with Gasteiger partial charge in [0.25, 0.3) is 0 Å². The van der Waals surface area contributed by atoms with E-state index in [4.69, 9.17) is 19.2 Å². The van der Waals surface area contributed by atoms with E-state index >= 15 is 0 Å².